The van der Waals surface area contributed by atoms with E-state index in [1.165, 1.54) is 0 Å². The van der Waals surface area contributed by atoms with Crippen molar-refractivity contribution < 1.29 is 0 Å². The molecule has 10 heavy (non-hydrogen) atoms. The molecule has 4 nitrogen and oxygen atoms in total. The molecule has 0 amide bonds. The number of nitrogen functional groups attached to an aromatic ring is 1. The topological polar surface area (TPSA) is 63.8 Å². The maximum atomic E-state index is 5.05. The molecule has 56 valence electrons. The minimum Gasteiger partial charge on any atom is -0.307 e. The first kappa shape index (κ1) is 9.13. The van der Waals surface area contributed by atoms with Crippen LogP contribution in [0.1, 0.15) is 5.69 Å². The van der Waals surface area contributed by atoms with Gasteiger partial charge < -0.3 is 5.43 Å². The maximum absolute atomic E-state index is 5.05. The second-order valence-corrected chi connectivity index (χ2v) is 1.69. The predicted octanol–water partition coefficient (Wildman–Crippen LogP) is 0.492. The van der Waals surface area contributed by atoms with Crippen molar-refractivity contribution in [2.75, 3.05) is 5.43 Å². The van der Waals surface area contributed by atoms with E-state index in [9.17, 15) is 0 Å². The first-order valence-corrected chi connectivity index (χ1v) is 2.58. The molecule has 0 aliphatic rings. The Morgan fingerprint density at radius 1 is 1.40 bits per heavy atom. The molecule has 0 spiro atoms. The standard InChI is InChI=1S/C5H8N4.ClH/c1-4-2-8-5(9-6)3-7-4;/h2-3H,6H2,1H3,(H,8,9);1H. The molecule has 0 unspecified atom stereocenters. The highest BCUT2D eigenvalue weighted by Gasteiger charge is 1.87. The van der Waals surface area contributed by atoms with Crippen LogP contribution in [0.4, 0.5) is 5.82 Å². The van der Waals surface area contributed by atoms with Gasteiger partial charge in [-0.1, -0.05) is 0 Å². The van der Waals surface area contributed by atoms with E-state index in [0.29, 0.717) is 5.82 Å². The molecule has 1 rings (SSSR count). The summed E-state index contributed by atoms with van der Waals surface area (Å²) in [7, 11) is 0. The Bertz CT molecular complexity index is 185. The highest BCUT2D eigenvalue weighted by Crippen LogP contribution is 1.95. The van der Waals surface area contributed by atoms with Gasteiger partial charge in [0.1, 0.15) is 0 Å². The van der Waals surface area contributed by atoms with Crippen LogP contribution in [0, 0.1) is 6.92 Å². The summed E-state index contributed by atoms with van der Waals surface area (Å²) in [6.45, 7) is 1.87. The third-order valence-corrected chi connectivity index (χ3v) is 0.929. The highest BCUT2D eigenvalue weighted by atomic mass is 35.5. The second kappa shape index (κ2) is 4.03. The van der Waals surface area contributed by atoms with Gasteiger partial charge in [-0.15, -0.1) is 12.4 Å². The Kier molecular flexibility index (Phi) is 3.68. The lowest BCUT2D eigenvalue weighted by Gasteiger charge is -1.95. The normalized spacial score (nSPS) is 8.20. The zero-order chi connectivity index (χ0) is 6.69. The number of nitrogens with two attached hydrogens (primary N) is 1. The van der Waals surface area contributed by atoms with Crippen LogP contribution in [0.15, 0.2) is 12.4 Å². The van der Waals surface area contributed by atoms with Crippen molar-refractivity contribution >= 4 is 18.2 Å². The lowest BCUT2D eigenvalue weighted by molar-refractivity contribution is 1.10. The molecule has 1 aromatic rings. The van der Waals surface area contributed by atoms with E-state index in [4.69, 9.17) is 5.84 Å². The first-order chi connectivity index (χ1) is 4.33. The molecule has 0 atom stereocenters. The highest BCUT2D eigenvalue weighted by molar-refractivity contribution is 5.85. The average molecular weight is 161 g/mol. The number of aromatic nitrogens is 2. The summed E-state index contributed by atoms with van der Waals surface area (Å²) in [5, 5.41) is 0. The van der Waals surface area contributed by atoms with Crippen LogP contribution >= 0.6 is 12.4 Å². The van der Waals surface area contributed by atoms with E-state index >= 15 is 0 Å². The van der Waals surface area contributed by atoms with E-state index in [-0.39, 0.29) is 12.4 Å². The van der Waals surface area contributed by atoms with Gasteiger partial charge >= 0.3 is 0 Å². The van der Waals surface area contributed by atoms with Crippen LogP contribution in [-0.2, 0) is 0 Å². The van der Waals surface area contributed by atoms with Gasteiger partial charge in [0.05, 0.1) is 18.1 Å². The van der Waals surface area contributed by atoms with Gasteiger partial charge in [0.2, 0.25) is 0 Å². The Morgan fingerprint density at radius 2 is 2.10 bits per heavy atom. The van der Waals surface area contributed by atoms with Crippen LogP contribution in [0.5, 0.6) is 0 Å². The van der Waals surface area contributed by atoms with E-state index < -0.39 is 0 Å². The first-order valence-electron chi connectivity index (χ1n) is 2.58. The third-order valence-electron chi connectivity index (χ3n) is 0.929. The molecule has 0 radical (unpaired) electrons. The second-order valence-electron chi connectivity index (χ2n) is 1.69. The largest absolute Gasteiger partial charge is 0.307 e. The summed E-state index contributed by atoms with van der Waals surface area (Å²) in [5.74, 6) is 5.63. The van der Waals surface area contributed by atoms with E-state index in [1.807, 2.05) is 6.92 Å². The SMILES string of the molecule is Cc1cnc(NN)cn1.Cl. The summed E-state index contributed by atoms with van der Waals surface area (Å²) >= 11 is 0. The van der Waals surface area contributed by atoms with Crippen molar-refractivity contribution in [2.45, 2.75) is 6.92 Å². The molecule has 5 heteroatoms. The minimum absolute atomic E-state index is 0. The molecule has 3 N–H and O–H groups in total. The molecule has 0 bridgehead atoms. The van der Waals surface area contributed by atoms with Crippen LogP contribution in [0.25, 0.3) is 0 Å². The van der Waals surface area contributed by atoms with Gasteiger partial charge in [-0.3, -0.25) is 4.98 Å². The molecular formula is C5H9ClN4. The summed E-state index contributed by atoms with van der Waals surface area (Å²) in [5.41, 5.74) is 3.26. The number of hydrazine groups is 1. The fourth-order valence-corrected chi connectivity index (χ4v) is 0.467. The lowest BCUT2D eigenvalue weighted by atomic mass is 10.5. The summed E-state index contributed by atoms with van der Waals surface area (Å²) in [6, 6.07) is 0. The quantitative estimate of drug-likeness (QED) is 0.464. The fourth-order valence-electron chi connectivity index (χ4n) is 0.467. The van der Waals surface area contributed by atoms with Crippen molar-refractivity contribution in [3.63, 3.8) is 0 Å². The third kappa shape index (κ3) is 2.16. The van der Waals surface area contributed by atoms with Gasteiger partial charge in [-0.2, -0.15) is 0 Å². The van der Waals surface area contributed by atoms with E-state index in [1.54, 1.807) is 12.4 Å². The maximum Gasteiger partial charge on any atom is 0.158 e. The molecule has 1 heterocycles. The number of anilines is 1. The molecule has 0 aliphatic carbocycles. The average Bonchev–Trinajstić information content (AvgIpc) is 1.90. The summed E-state index contributed by atoms with van der Waals surface area (Å²) in [6.07, 6.45) is 3.23. The van der Waals surface area contributed by atoms with Crippen molar-refractivity contribution in [1.82, 2.24) is 9.97 Å². The summed E-state index contributed by atoms with van der Waals surface area (Å²) in [4.78, 5) is 7.84. The zero-order valence-corrected chi connectivity index (χ0v) is 6.35. The number of aryl methyl sites for hydroxylation is 1. The lowest BCUT2D eigenvalue weighted by Crippen LogP contribution is -2.08. The molecular weight excluding hydrogens is 152 g/mol. The monoisotopic (exact) mass is 160 g/mol. The van der Waals surface area contributed by atoms with Crippen molar-refractivity contribution in [3.05, 3.63) is 18.1 Å². The van der Waals surface area contributed by atoms with Crippen molar-refractivity contribution in [1.29, 1.82) is 0 Å². The molecule has 0 fully saturated rings. The van der Waals surface area contributed by atoms with Gasteiger partial charge in [-0.25, -0.2) is 10.8 Å². The number of nitrogens with zero attached hydrogens (tertiary/aromatic N) is 2. The van der Waals surface area contributed by atoms with E-state index in [2.05, 4.69) is 15.4 Å². The van der Waals surface area contributed by atoms with E-state index in [0.717, 1.165) is 5.69 Å². The number of hydrogen-bond acceptors (Lipinski definition) is 4. The smallest absolute Gasteiger partial charge is 0.158 e. The number of nitrogens with one attached hydrogen (secondary N) is 1. The van der Waals surface area contributed by atoms with Crippen LogP contribution < -0.4 is 11.3 Å². The summed E-state index contributed by atoms with van der Waals surface area (Å²) < 4.78 is 0. The predicted molar refractivity (Wildman–Crippen MR) is 41.8 cm³/mol. The van der Waals surface area contributed by atoms with Crippen molar-refractivity contribution in [2.24, 2.45) is 5.84 Å². The van der Waals surface area contributed by atoms with Gasteiger partial charge in [-0.05, 0) is 6.92 Å². The van der Waals surface area contributed by atoms with Gasteiger partial charge in [0.15, 0.2) is 5.82 Å². The minimum atomic E-state index is 0. The molecule has 1 aromatic heterocycles. The van der Waals surface area contributed by atoms with Crippen LogP contribution in [-0.4, -0.2) is 9.97 Å². The Labute approximate surface area is 65.2 Å². The number of halogens is 1. The number of hydrogen-bond donors (Lipinski definition) is 2. The van der Waals surface area contributed by atoms with Gasteiger partial charge in [0.25, 0.3) is 0 Å². The van der Waals surface area contributed by atoms with Crippen LogP contribution in [0.2, 0.25) is 0 Å². The fraction of sp³-hybridized carbons (Fsp3) is 0.200. The Hall–Kier alpha value is -0.870. The molecule has 0 aliphatic heterocycles. The molecule has 0 saturated carbocycles. The van der Waals surface area contributed by atoms with Crippen LogP contribution in [0.3, 0.4) is 0 Å². The van der Waals surface area contributed by atoms with Crippen molar-refractivity contribution in [3.8, 4) is 0 Å². The number of rotatable bonds is 1. The Balaban J connectivity index is 0.000000810. The molecule has 0 aromatic carbocycles. The zero-order valence-electron chi connectivity index (χ0n) is 5.53. The van der Waals surface area contributed by atoms with Gasteiger partial charge in [0, 0.05) is 0 Å². The Morgan fingerprint density at radius 3 is 2.50 bits per heavy atom. The molecule has 0 saturated heterocycles.